The van der Waals surface area contributed by atoms with Gasteiger partial charge in [-0.3, -0.25) is 0 Å². The van der Waals surface area contributed by atoms with Crippen LogP contribution in [0.3, 0.4) is 0 Å². The van der Waals surface area contributed by atoms with E-state index in [2.05, 4.69) is 26.8 Å². The van der Waals surface area contributed by atoms with Crippen molar-refractivity contribution in [2.45, 2.75) is 12.7 Å². The Kier molecular flexibility index (Phi) is 5.93. The van der Waals surface area contributed by atoms with E-state index in [4.69, 9.17) is 4.74 Å². The van der Waals surface area contributed by atoms with Gasteiger partial charge in [0.25, 0.3) is 0 Å². The second kappa shape index (κ2) is 8.40. The van der Waals surface area contributed by atoms with E-state index in [1.807, 2.05) is 25.1 Å². The molecule has 7 nitrogen and oxygen atoms in total. The molecule has 3 aromatic rings. The molecule has 2 aromatic heterocycles. The maximum atomic E-state index is 11.5. The number of anilines is 2. The van der Waals surface area contributed by atoms with Gasteiger partial charge in [-0.1, -0.05) is 18.2 Å². The first-order valence-electron chi connectivity index (χ1n) is 8.81. The fraction of sp³-hybridized carbons (Fsp3) is 0.190. The third-order valence-electron chi connectivity index (χ3n) is 4.15. The van der Waals surface area contributed by atoms with Crippen LogP contribution in [-0.4, -0.2) is 36.7 Å². The molecular formula is C21H22N4O3S. The van der Waals surface area contributed by atoms with Gasteiger partial charge in [-0.25, -0.2) is 23.4 Å². The van der Waals surface area contributed by atoms with E-state index in [1.165, 1.54) is 12.6 Å². The zero-order valence-electron chi connectivity index (χ0n) is 16.5. The number of sulfone groups is 1. The number of hydrogen-bond acceptors (Lipinski definition) is 7. The van der Waals surface area contributed by atoms with Gasteiger partial charge in [0.05, 0.1) is 18.6 Å². The Morgan fingerprint density at radius 1 is 1.10 bits per heavy atom. The fourth-order valence-electron chi connectivity index (χ4n) is 2.81. The molecule has 0 aliphatic heterocycles. The molecule has 0 amide bonds. The maximum Gasteiger partial charge on any atom is 0.151 e. The van der Waals surface area contributed by atoms with Gasteiger partial charge >= 0.3 is 0 Å². The third kappa shape index (κ3) is 5.39. The third-order valence-corrected chi connectivity index (χ3v) is 5.00. The Bertz CT molecular complexity index is 1160. The number of hydrogen-bond donors (Lipinski definition) is 1. The highest BCUT2D eigenvalue weighted by molar-refractivity contribution is 7.89. The van der Waals surface area contributed by atoms with Crippen LogP contribution in [0.2, 0.25) is 0 Å². The average molecular weight is 410 g/mol. The monoisotopic (exact) mass is 410 g/mol. The number of pyridine rings is 1. The van der Waals surface area contributed by atoms with Crippen LogP contribution in [0, 0.1) is 0 Å². The van der Waals surface area contributed by atoms with Crippen molar-refractivity contribution in [2.75, 3.05) is 18.7 Å². The molecule has 0 bridgehead atoms. The van der Waals surface area contributed by atoms with Crippen LogP contribution in [0.25, 0.3) is 16.8 Å². The number of methoxy groups -OCH3 is 1. The van der Waals surface area contributed by atoms with E-state index in [1.54, 1.807) is 31.5 Å². The highest BCUT2D eigenvalue weighted by Crippen LogP contribution is 2.32. The minimum Gasteiger partial charge on any atom is -0.496 e. The number of allylic oxidation sites excluding steroid dienone is 1. The number of rotatable bonds is 7. The SMILES string of the molecule is C=C(C)c1ccc(-c2cc(Nc3cc(CS(C)(=O)=O)ccn3)ncn2)c(OC)c1. The average Bonchev–Trinajstić information content (AvgIpc) is 2.66. The van der Waals surface area contributed by atoms with E-state index in [0.29, 0.717) is 28.6 Å². The van der Waals surface area contributed by atoms with Crippen molar-refractivity contribution in [2.24, 2.45) is 0 Å². The molecule has 29 heavy (non-hydrogen) atoms. The molecule has 150 valence electrons. The Hall–Kier alpha value is -3.26. The molecule has 2 heterocycles. The van der Waals surface area contributed by atoms with Crippen molar-refractivity contribution < 1.29 is 13.2 Å². The van der Waals surface area contributed by atoms with Gasteiger partial charge in [0.1, 0.15) is 23.7 Å². The number of ether oxygens (including phenoxy) is 1. The summed E-state index contributed by atoms with van der Waals surface area (Å²) in [7, 11) is -1.52. The molecule has 1 aromatic carbocycles. The first-order chi connectivity index (χ1) is 13.7. The van der Waals surface area contributed by atoms with Gasteiger partial charge in [0.2, 0.25) is 0 Å². The number of nitrogens with one attached hydrogen (secondary N) is 1. The van der Waals surface area contributed by atoms with Crippen molar-refractivity contribution in [1.82, 2.24) is 15.0 Å². The number of aromatic nitrogens is 3. The number of nitrogens with zero attached hydrogens (tertiary/aromatic N) is 3. The lowest BCUT2D eigenvalue weighted by atomic mass is 10.0. The fourth-order valence-corrected chi connectivity index (χ4v) is 3.59. The Morgan fingerprint density at radius 3 is 2.55 bits per heavy atom. The minimum atomic E-state index is -3.13. The van der Waals surface area contributed by atoms with Crippen molar-refractivity contribution >= 4 is 27.0 Å². The maximum absolute atomic E-state index is 11.5. The highest BCUT2D eigenvalue weighted by atomic mass is 32.2. The van der Waals surface area contributed by atoms with Gasteiger partial charge in [0.15, 0.2) is 9.84 Å². The topological polar surface area (TPSA) is 94.1 Å². The molecule has 0 radical (unpaired) electrons. The summed E-state index contributed by atoms with van der Waals surface area (Å²) in [4.78, 5) is 12.8. The first-order valence-corrected chi connectivity index (χ1v) is 10.9. The summed E-state index contributed by atoms with van der Waals surface area (Å²) in [5, 5.41) is 3.10. The normalized spacial score (nSPS) is 11.1. The zero-order valence-corrected chi connectivity index (χ0v) is 17.3. The van der Waals surface area contributed by atoms with Crippen LogP contribution in [0.15, 0.2) is 55.5 Å². The van der Waals surface area contributed by atoms with Crippen LogP contribution in [-0.2, 0) is 15.6 Å². The second-order valence-electron chi connectivity index (χ2n) is 6.73. The van der Waals surface area contributed by atoms with Crippen LogP contribution in [0.1, 0.15) is 18.1 Å². The molecule has 0 spiro atoms. The molecule has 0 aliphatic rings. The second-order valence-corrected chi connectivity index (χ2v) is 8.87. The van der Waals surface area contributed by atoms with Crippen molar-refractivity contribution in [3.8, 4) is 17.0 Å². The molecule has 0 fully saturated rings. The van der Waals surface area contributed by atoms with E-state index in [9.17, 15) is 8.42 Å². The largest absolute Gasteiger partial charge is 0.496 e. The van der Waals surface area contributed by atoms with E-state index >= 15 is 0 Å². The lowest BCUT2D eigenvalue weighted by Gasteiger charge is -2.12. The molecular weight excluding hydrogens is 388 g/mol. The summed E-state index contributed by atoms with van der Waals surface area (Å²) >= 11 is 0. The van der Waals surface area contributed by atoms with Crippen molar-refractivity contribution in [1.29, 1.82) is 0 Å². The van der Waals surface area contributed by atoms with Crippen molar-refractivity contribution in [3.63, 3.8) is 0 Å². The smallest absolute Gasteiger partial charge is 0.151 e. The zero-order chi connectivity index (χ0) is 21.0. The summed E-state index contributed by atoms with van der Waals surface area (Å²) in [5.41, 5.74) is 4.09. The van der Waals surface area contributed by atoms with Gasteiger partial charge in [-0.05, 0) is 42.3 Å². The van der Waals surface area contributed by atoms with Crippen LogP contribution in [0.5, 0.6) is 5.75 Å². The molecule has 8 heteroatoms. The summed E-state index contributed by atoms with van der Waals surface area (Å²) in [6.07, 6.45) is 4.21. The molecule has 0 atom stereocenters. The van der Waals surface area contributed by atoms with Crippen LogP contribution in [0.4, 0.5) is 11.6 Å². The Morgan fingerprint density at radius 2 is 1.86 bits per heavy atom. The summed E-state index contributed by atoms with van der Waals surface area (Å²) in [5.74, 6) is 1.67. The quantitative estimate of drug-likeness (QED) is 0.632. The van der Waals surface area contributed by atoms with Crippen molar-refractivity contribution in [3.05, 3.63) is 66.6 Å². The van der Waals surface area contributed by atoms with Crippen LogP contribution >= 0.6 is 0 Å². The van der Waals surface area contributed by atoms with Crippen LogP contribution < -0.4 is 10.1 Å². The standard InChI is InChI=1S/C21H22N4O3S/c1-14(2)16-5-6-17(19(10-16)28-3)18-11-21(24-13-23-18)25-20-9-15(7-8-22-20)12-29(4,26)27/h5-11,13H,1,12H2,2-4H3,(H,22,23,24,25). The first kappa shape index (κ1) is 20.5. The van der Waals surface area contributed by atoms with Gasteiger partial charge in [0, 0.05) is 24.1 Å². The summed E-state index contributed by atoms with van der Waals surface area (Å²) in [6, 6.07) is 11.0. The lowest BCUT2D eigenvalue weighted by molar-refractivity contribution is 0.416. The molecule has 1 N–H and O–H groups in total. The van der Waals surface area contributed by atoms with Gasteiger partial charge in [-0.15, -0.1) is 0 Å². The highest BCUT2D eigenvalue weighted by Gasteiger charge is 2.11. The molecule has 0 aliphatic carbocycles. The Balaban J connectivity index is 1.89. The molecule has 0 saturated carbocycles. The van der Waals surface area contributed by atoms with E-state index in [-0.39, 0.29) is 5.75 Å². The lowest BCUT2D eigenvalue weighted by Crippen LogP contribution is -2.03. The van der Waals surface area contributed by atoms with Gasteiger partial charge in [-0.2, -0.15) is 0 Å². The van der Waals surface area contributed by atoms with E-state index in [0.717, 1.165) is 16.7 Å². The predicted molar refractivity (Wildman–Crippen MR) is 115 cm³/mol. The molecule has 3 rings (SSSR count). The molecule has 0 saturated heterocycles. The van der Waals surface area contributed by atoms with Gasteiger partial charge < -0.3 is 10.1 Å². The summed E-state index contributed by atoms with van der Waals surface area (Å²) in [6.45, 7) is 5.89. The molecule has 0 unspecified atom stereocenters. The summed E-state index contributed by atoms with van der Waals surface area (Å²) < 4.78 is 28.6. The Labute approximate surface area is 170 Å². The number of benzene rings is 1. The predicted octanol–water partition coefficient (Wildman–Crippen LogP) is 3.87. The minimum absolute atomic E-state index is 0.0501. The van der Waals surface area contributed by atoms with E-state index < -0.39 is 9.84 Å².